The molecule has 1 unspecified atom stereocenters. The monoisotopic (exact) mass is 774 g/mol. The van der Waals surface area contributed by atoms with Crippen LogP contribution >= 0.6 is 0 Å². The van der Waals surface area contributed by atoms with Gasteiger partial charge in [0.05, 0.1) is 23.4 Å². The number of nitrogens with zero attached hydrogens (tertiary/aromatic N) is 7. The summed E-state index contributed by atoms with van der Waals surface area (Å²) in [5, 5.41) is 10.2. The van der Waals surface area contributed by atoms with Gasteiger partial charge < -0.3 is 30.2 Å². The van der Waals surface area contributed by atoms with Gasteiger partial charge >= 0.3 is 0 Å². The molecule has 3 fully saturated rings. The second kappa shape index (κ2) is 16.4. The van der Waals surface area contributed by atoms with Crippen molar-refractivity contribution in [1.29, 1.82) is 0 Å². The second-order valence-corrected chi connectivity index (χ2v) is 15.7. The van der Waals surface area contributed by atoms with Crippen molar-refractivity contribution in [2.75, 3.05) is 48.7 Å². The molecule has 0 radical (unpaired) electrons. The van der Waals surface area contributed by atoms with Crippen molar-refractivity contribution in [3.63, 3.8) is 0 Å². The van der Waals surface area contributed by atoms with Crippen molar-refractivity contribution >= 4 is 29.0 Å². The number of benzene rings is 2. The molecule has 0 bridgehead atoms. The highest BCUT2D eigenvalue weighted by Gasteiger charge is 2.29. The number of pyridine rings is 1. The van der Waals surface area contributed by atoms with Crippen molar-refractivity contribution in [3.05, 3.63) is 90.4 Å². The molecular formula is C43H51FN10O3. The van der Waals surface area contributed by atoms with Gasteiger partial charge in [0.2, 0.25) is 11.8 Å². The standard InChI is InChI=1S/C43H51FN10O3/c1-27-41(30-22-39(42(45)46-24-30)57-28(2)36-23-31(44)4-9-35(36)37-16-17-51(3)50-37)54(26-47-27)34-14-18-52(19-15-34)25-29-12-20-53(21-13-29)33-7-5-32(6-8-33)48-38-10-11-40(55)49-43(38)56/h4-9,16-17,22-24,26,28-29,34,38,48H,10-15,18-21,25H2,1-3H3,(H2,45,46)(H,49,55,56)/t28-,38?/m1/s1. The van der Waals surface area contributed by atoms with Crippen LogP contribution in [0.1, 0.15) is 68.9 Å². The molecule has 0 spiro atoms. The third kappa shape index (κ3) is 8.51. The number of carbonyl (C=O) groups is 2. The highest BCUT2D eigenvalue weighted by Crippen LogP contribution is 2.37. The average Bonchev–Trinajstić information content (AvgIpc) is 3.82. The van der Waals surface area contributed by atoms with Gasteiger partial charge in [0.1, 0.15) is 18.0 Å². The molecule has 13 nitrogen and oxygen atoms in total. The number of rotatable bonds is 11. The van der Waals surface area contributed by atoms with Gasteiger partial charge in [-0.1, -0.05) is 0 Å². The zero-order valence-electron chi connectivity index (χ0n) is 32.8. The van der Waals surface area contributed by atoms with Gasteiger partial charge in [0.25, 0.3) is 0 Å². The molecule has 2 aromatic carbocycles. The van der Waals surface area contributed by atoms with Crippen LogP contribution in [0.15, 0.2) is 73.3 Å². The molecule has 4 N–H and O–H groups in total. The van der Waals surface area contributed by atoms with Crippen LogP contribution in [-0.4, -0.2) is 79.8 Å². The van der Waals surface area contributed by atoms with E-state index in [1.54, 1.807) is 16.9 Å². The van der Waals surface area contributed by atoms with Crippen molar-refractivity contribution in [2.24, 2.45) is 13.0 Å². The third-order valence-electron chi connectivity index (χ3n) is 11.8. The number of piperidine rings is 3. The maximum absolute atomic E-state index is 14.5. The van der Waals surface area contributed by atoms with Crippen LogP contribution in [0, 0.1) is 18.7 Å². The Balaban J connectivity index is 0.855. The number of hydrogen-bond acceptors (Lipinski definition) is 10. The van der Waals surface area contributed by atoms with Crippen LogP contribution in [0.3, 0.4) is 0 Å². The molecule has 57 heavy (non-hydrogen) atoms. The number of imide groups is 1. The first kappa shape index (κ1) is 38.1. The van der Waals surface area contributed by atoms with E-state index in [-0.39, 0.29) is 29.5 Å². The normalized spacial score (nSPS) is 19.1. The maximum Gasteiger partial charge on any atom is 0.249 e. The SMILES string of the molecule is Cc1ncn(C2CCN(CC3CCN(c4ccc(NC5CCC(=O)NC5=O)cc4)CC3)CC2)c1-c1cnc(N)c(O[C@H](C)c2cc(F)ccc2-c2ccn(C)n2)c1. The average molecular weight is 775 g/mol. The molecule has 3 aromatic heterocycles. The zero-order valence-corrected chi connectivity index (χ0v) is 32.8. The van der Waals surface area contributed by atoms with Gasteiger partial charge in [0.15, 0.2) is 11.6 Å². The first-order valence-electron chi connectivity index (χ1n) is 20.0. The smallest absolute Gasteiger partial charge is 0.249 e. The number of hydrogen-bond donors (Lipinski definition) is 3. The minimum Gasteiger partial charge on any atom is -0.482 e. The molecule has 0 saturated carbocycles. The van der Waals surface area contributed by atoms with E-state index >= 15 is 0 Å². The number of anilines is 3. The Labute approximate surface area is 332 Å². The summed E-state index contributed by atoms with van der Waals surface area (Å²) in [6, 6.07) is 16.7. The summed E-state index contributed by atoms with van der Waals surface area (Å²) in [6.45, 7) is 9.11. The fourth-order valence-corrected chi connectivity index (χ4v) is 8.60. The highest BCUT2D eigenvalue weighted by molar-refractivity contribution is 6.01. The number of likely N-dealkylation sites (tertiary alicyclic amines) is 1. The molecule has 298 valence electrons. The number of ether oxygens (including phenoxy) is 1. The lowest BCUT2D eigenvalue weighted by molar-refractivity contribution is -0.133. The maximum atomic E-state index is 14.5. The molecule has 2 amide bonds. The third-order valence-corrected chi connectivity index (χ3v) is 11.8. The Morgan fingerprint density at radius 1 is 0.982 bits per heavy atom. The van der Waals surface area contributed by atoms with Gasteiger partial charge in [-0.05, 0) is 106 Å². The van der Waals surface area contributed by atoms with Gasteiger partial charge in [-0.2, -0.15) is 5.10 Å². The molecule has 6 heterocycles. The van der Waals surface area contributed by atoms with Gasteiger partial charge in [-0.3, -0.25) is 19.6 Å². The van der Waals surface area contributed by atoms with E-state index in [9.17, 15) is 14.0 Å². The summed E-state index contributed by atoms with van der Waals surface area (Å²) in [6.07, 6.45) is 10.3. The predicted molar refractivity (Wildman–Crippen MR) is 218 cm³/mol. The van der Waals surface area contributed by atoms with Crippen LogP contribution < -0.4 is 26.0 Å². The Bertz CT molecular complexity index is 2220. The van der Waals surface area contributed by atoms with Crippen molar-refractivity contribution < 1.29 is 18.7 Å². The van der Waals surface area contributed by atoms with Crippen LogP contribution in [0.25, 0.3) is 22.5 Å². The number of aromatic nitrogens is 5. The lowest BCUT2D eigenvalue weighted by atomic mass is 9.94. The first-order chi connectivity index (χ1) is 27.6. The minimum absolute atomic E-state index is 0.206. The molecule has 2 atom stereocenters. The molecule has 3 aliphatic rings. The fourth-order valence-electron chi connectivity index (χ4n) is 8.60. The van der Waals surface area contributed by atoms with E-state index in [1.165, 1.54) is 17.8 Å². The van der Waals surface area contributed by atoms with Crippen LogP contribution in [0.5, 0.6) is 5.75 Å². The van der Waals surface area contributed by atoms with Crippen molar-refractivity contribution in [1.82, 2.24) is 34.5 Å². The largest absolute Gasteiger partial charge is 0.482 e. The number of amides is 2. The number of halogens is 1. The minimum atomic E-state index is -0.526. The van der Waals surface area contributed by atoms with Crippen LogP contribution in [0.4, 0.5) is 21.6 Å². The Morgan fingerprint density at radius 3 is 2.47 bits per heavy atom. The van der Waals surface area contributed by atoms with E-state index in [1.807, 2.05) is 57.7 Å². The number of nitrogens with two attached hydrogens (primary N) is 1. The molecule has 5 aromatic rings. The Hall–Kier alpha value is -5.76. The van der Waals surface area contributed by atoms with Crippen LogP contribution in [0.2, 0.25) is 0 Å². The molecular weight excluding hydrogens is 724 g/mol. The summed E-state index contributed by atoms with van der Waals surface area (Å²) < 4.78 is 24.9. The van der Waals surface area contributed by atoms with E-state index in [4.69, 9.17) is 15.5 Å². The number of imidazole rings is 1. The van der Waals surface area contributed by atoms with E-state index in [0.717, 1.165) is 92.3 Å². The van der Waals surface area contributed by atoms with Crippen molar-refractivity contribution in [2.45, 2.75) is 70.6 Å². The second-order valence-electron chi connectivity index (χ2n) is 15.7. The molecule has 8 rings (SSSR count). The summed E-state index contributed by atoms with van der Waals surface area (Å²) in [7, 11) is 1.85. The number of aryl methyl sites for hydroxylation is 2. The summed E-state index contributed by atoms with van der Waals surface area (Å²) >= 11 is 0. The first-order valence-corrected chi connectivity index (χ1v) is 20.0. The topological polar surface area (TPSA) is 148 Å². The quantitative estimate of drug-likeness (QED) is 0.131. The Morgan fingerprint density at radius 2 is 1.75 bits per heavy atom. The van der Waals surface area contributed by atoms with Gasteiger partial charge in [0, 0.05) is 92.7 Å². The summed E-state index contributed by atoms with van der Waals surface area (Å²) in [4.78, 5) is 37.9. The van der Waals surface area contributed by atoms with Gasteiger partial charge in [-0.25, -0.2) is 14.4 Å². The lowest BCUT2D eigenvalue weighted by Crippen LogP contribution is -2.47. The lowest BCUT2D eigenvalue weighted by Gasteiger charge is -2.39. The molecule has 14 heteroatoms. The van der Waals surface area contributed by atoms with E-state index in [2.05, 4.69) is 47.2 Å². The van der Waals surface area contributed by atoms with Crippen molar-refractivity contribution in [3.8, 4) is 28.3 Å². The zero-order chi connectivity index (χ0) is 39.6. The number of nitrogens with one attached hydrogen (secondary N) is 2. The summed E-state index contributed by atoms with van der Waals surface area (Å²) in [5.41, 5.74) is 13.4. The number of carbonyl (C=O) groups excluding carboxylic acids is 2. The molecule has 3 aliphatic heterocycles. The van der Waals surface area contributed by atoms with Gasteiger partial charge in [-0.15, -0.1) is 0 Å². The van der Waals surface area contributed by atoms with Crippen LogP contribution in [-0.2, 0) is 16.6 Å². The molecule has 0 aliphatic carbocycles. The molecule has 3 saturated heterocycles. The summed E-state index contributed by atoms with van der Waals surface area (Å²) in [5.74, 6) is 0.544. The number of nitrogen functional groups attached to an aromatic ring is 1. The van der Waals surface area contributed by atoms with E-state index < -0.39 is 6.10 Å². The highest BCUT2D eigenvalue weighted by atomic mass is 19.1. The van der Waals surface area contributed by atoms with E-state index in [0.29, 0.717) is 36.1 Å². The Kier molecular flexibility index (Phi) is 11.0. The fraction of sp³-hybridized carbons (Fsp3) is 0.419. The predicted octanol–water partition coefficient (Wildman–Crippen LogP) is 6.29.